The molecule has 1 radical (unpaired) electrons. The van der Waals surface area contributed by atoms with Crippen molar-refractivity contribution in [3.63, 3.8) is 0 Å². The molecule has 4 nitrogen and oxygen atoms in total. The fourth-order valence-electron chi connectivity index (χ4n) is 0.140. The van der Waals surface area contributed by atoms with Crippen LogP contribution in [0.15, 0.2) is 20.7 Å². The summed E-state index contributed by atoms with van der Waals surface area (Å²) in [5, 5.41) is 12.9. The molecule has 1 aliphatic rings. The molecule has 0 aromatic heterocycles. The molecule has 0 atom stereocenters. The SMILES string of the molecule is S[C]1N=NN=N1. The third-order valence-electron chi connectivity index (χ3n) is 0.308. The van der Waals surface area contributed by atoms with Crippen LogP contribution in [0.3, 0.4) is 0 Å². The van der Waals surface area contributed by atoms with E-state index in [9.17, 15) is 0 Å². The minimum absolute atomic E-state index is 0.315. The summed E-state index contributed by atoms with van der Waals surface area (Å²) in [6, 6.07) is 0. The molecule has 5 heteroatoms. The molecule has 0 unspecified atom stereocenters. The van der Waals surface area contributed by atoms with Crippen LogP contribution in [0, 0.1) is 5.50 Å². The number of hydrogen-bond donors (Lipinski definition) is 1. The summed E-state index contributed by atoms with van der Waals surface area (Å²) in [6.45, 7) is 0. The van der Waals surface area contributed by atoms with Crippen LogP contribution >= 0.6 is 12.6 Å². The number of rotatable bonds is 0. The predicted molar refractivity (Wildman–Crippen MR) is 21.9 cm³/mol. The van der Waals surface area contributed by atoms with Gasteiger partial charge in [-0.3, -0.25) is 0 Å². The van der Waals surface area contributed by atoms with Gasteiger partial charge in [-0.2, -0.15) is 0 Å². The van der Waals surface area contributed by atoms with E-state index in [-0.39, 0.29) is 0 Å². The van der Waals surface area contributed by atoms with E-state index in [1.807, 2.05) is 0 Å². The van der Waals surface area contributed by atoms with Crippen molar-refractivity contribution in [3.8, 4) is 0 Å². The van der Waals surface area contributed by atoms with E-state index in [0.717, 1.165) is 0 Å². The molecule has 31 valence electrons. The van der Waals surface area contributed by atoms with Crippen LogP contribution in [0.25, 0.3) is 0 Å². The molecule has 0 saturated carbocycles. The number of thiol groups is 1. The average Bonchev–Trinajstić information content (AvgIpc) is 1.86. The van der Waals surface area contributed by atoms with Gasteiger partial charge < -0.3 is 0 Å². The first-order valence-electron chi connectivity index (χ1n) is 1.27. The van der Waals surface area contributed by atoms with Crippen molar-refractivity contribution < 1.29 is 0 Å². The molecule has 1 heterocycles. The zero-order valence-electron chi connectivity index (χ0n) is 2.74. The Morgan fingerprint density at radius 2 is 1.67 bits per heavy atom. The van der Waals surface area contributed by atoms with E-state index in [1.165, 1.54) is 0 Å². The van der Waals surface area contributed by atoms with Crippen molar-refractivity contribution in [3.05, 3.63) is 5.50 Å². The standard InChI is InChI=1S/CHN4S/c6-1-2-4-5-3-1/h6H. The first-order chi connectivity index (χ1) is 2.89. The largest absolute Gasteiger partial charge is 0.295 e. The van der Waals surface area contributed by atoms with Gasteiger partial charge in [-0.1, -0.05) is 0 Å². The lowest BCUT2D eigenvalue weighted by Crippen LogP contribution is -1.60. The summed E-state index contributed by atoms with van der Waals surface area (Å²) in [4.78, 5) is 0. The van der Waals surface area contributed by atoms with Crippen molar-refractivity contribution in [2.45, 2.75) is 0 Å². The quantitative estimate of drug-likeness (QED) is 0.446. The Morgan fingerprint density at radius 1 is 1.17 bits per heavy atom. The van der Waals surface area contributed by atoms with Gasteiger partial charge in [0, 0.05) is 0 Å². The maximum Gasteiger partial charge on any atom is 0.295 e. The summed E-state index contributed by atoms with van der Waals surface area (Å²) >= 11 is 3.69. The van der Waals surface area contributed by atoms with Gasteiger partial charge >= 0.3 is 0 Å². The van der Waals surface area contributed by atoms with Gasteiger partial charge in [-0.05, 0) is 10.4 Å². The summed E-state index contributed by atoms with van der Waals surface area (Å²) in [5.74, 6) is 0. The van der Waals surface area contributed by atoms with Crippen molar-refractivity contribution >= 4 is 12.6 Å². The smallest absolute Gasteiger partial charge is 0.117 e. The predicted octanol–water partition coefficient (Wildman–Crippen LogP) is 1.20. The average molecular weight is 101 g/mol. The molecule has 0 aliphatic carbocycles. The Labute approximate surface area is 39.8 Å². The van der Waals surface area contributed by atoms with Crippen molar-refractivity contribution in [1.29, 1.82) is 0 Å². The maximum absolute atomic E-state index is 3.69. The molecule has 6 heavy (non-hydrogen) atoms. The maximum atomic E-state index is 3.69. The summed E-state index contributed by atoms with van der Waals surface area (Å²) in [5.41, 5.74) is 0.315. The van der Waals surface area contributed by atoms with E-state index < -0.39 is 0 Å². The van der Waals surface area contributed by atoms with Crippen LogP contribution < -0.4 is 0 Å². The highest BCUT2D eigenvalue weighted by molar-refractivity contribution is 7.83. The monoisotopic (exact) mass is 101 g/mol. The summed E-state index contributed by atoms with van der Waals surface area (Å²) < 4.78 is 0. The van der Waals surface area contributed by atoms with E-state index >= 15 is 0 Å². The first-order valence-corrected chi connectivity index (χ1v) is 1.72. The zero-order chi connectivity index (χ0) is 4.41. The van der Waals surface area contributed by atoms with Crippen LogP contribution in [0.5, 0.6) is 0 Å². The summed E-state index contributed by atoms with van der Waals surface area (Å²) in [7, 11) is 0. The van der Waals surface area contributed by atoms with E-state index in [1.54, 1.807) is 0 Å². The van der Waals surface area contributed by atoms with E-state index in [0.29, 0.717) is 5.50 Å². The molecule has 0 saturated heterocycles. The number of nitrogens with zero attached hydrogens (tertiary/aromatic N) is 4. The molecule has 1 aliphatic heterocycles. The molecule has 0 bridgehead atoms. The molecule has 1 rings (SSSR count). The lowest BCUT2D eigenvalue weighted by molar-refractivity contribution is 1.06. The minimum Gasteiger partial charge on any atom is -0.117 e. The molecular weight excluding hydrogens is 100 g/mol. The first kappa shape index (κ1) is 3.73. The Balaban J connectivity index is 2.60. The van der Waals surface area contributed by atoms with Gasteiger partial charge in [-0.25, -0.2) is 0 Å². The number of hydrogen-bond acceptors (Lipinski definition) is 5. The molecule has 0 aromatic rings. The molecule has 0 fully saturated rings. The van der Waals surface area contributed by atoms with Crippen LogP contribution in [-0.4, -0.2) is 0 Å². The lowest BCUT2D eigenvalue weighted by Gasteiger charge is -1.73. The van der Waals surface area contributed by atoms with Crippen molar-refractivity contribution in [2.24, 2.45) is 20.7 Å². The van der Waals surface area contributed by atoms with Gasteiger partial charge in [0.05, 0.1) is 0 Å². The van der Waals surface area contributed by atoms with Crippen LogP contribution in [0.1, 0.15) is 0 Å². The van der Waals surface area contributed by atoms with Crippen molar-refractivity contribution in [2.75, 3.05) is 0 Å². The molecule has 0 N–H and O–H groups in total. The van der Waals surface area contributed by atoms with E-state index in [2.05, 4.69) is 33.3 Å². The molecular formula is CHN4S. The van der Waals surface area contributed by atoms with Gasteiger partial charge in [0.15, 0.2) is 0 Å². The summed E-state index contributed by atoms with van der Waals surface area (Å²) in [6.07, 6.45) is 0. The van der Waals surface area contributed by atoms with Gasteiger partial charge in [-0.15, -0.1) is 22.9 Å². The Bertz CT molecular complexity index is 83.7. The normalized spacial score (nSPS) is 20.2. The Hall–Kier alpha value is -0.450. The van der Waals surface area contributed by atoms with Crippen molar-refractivity contribution in [1.82, 2.24) is 0 Å². The van der Waals surface area contributed by atoms with Gasteiger partial charge in [0.2, 0.25) is 0 Å². The highest BCUT2D eigenvalue weighted by atomic mass is 32.1. The molecule has 0 amide bonds. The second-order valence-electron chi connectivity index (χ2n) is 0.679. The minimum atomic E-state index is 0.315. The Kier molecular flexibility index (Phi) is 0.831. The van der Waals surface area contributed by atoms with Gasteiger partial charge in [0.25, 0.3) is 5.50 Å². The highest BCUT2D eigenvalue weighted by Crippen LogP contribution is 2.14. The third-order valence-corrected chi connectivity index (χ3v) is 0.487. The van der Waals surface area contributed by atoms with Crippen LogP contribution in [0.4, 0.5) is 0 Å². The molecule has 0 aromatic carbocycles. The zero-order valence-corrected chi connectivity index (χ0v) is 3.63. The topological polar surface area (TPSA) is 49.4 Å². The lowest BCUT2D eigenvalue weighted by atomic mass is 11.2. The fraction of sp³-hybridized carbons (Fsp3) is 0. The van der Waals surface area contributed by atoms with Crippen LogP contribution in [0.2, 0.25) is 0 Å². The van der Waals surface area contributed by atoms with Crippen LogP contribution in [-0.2, 0) is 0 Å². The Morgan fingerprint density at radius 3 is 1.83 bits per heavy atom. The van der Waals surface area contributed by atoms with E-state index in [4.69, 9.17) is 0 Å². The van der Waals surface area contributed by atoms with Gasteiger partial charge in [0.1, 0.15) is 0 Å². The fourth-order valence-corrected chi connectivity index (χ4v) is 0.220. The highest BCUT2D eigenvalue weighted by Gasteiger charge is 2.00. The second kappa shape index (κ2) is 1.34. The third kappa shape index (κ3) is 0.538. The molecule has 0 spiro atoms. The second-order valence-corrected chi connectivity index (χ2v) is 1.08.